The van der Waals surface area contributed by atoms with Crippen molar-refractivity contribution in [3.63, 3.8) is 0 Å². The maximum absolute atomic E-state index is 6.68. The van der Waals surface area contributed by atoms with Crippen molar-refractivity contribution in [3.8, 4) is 11.5 Å². The number of thiocarbonyl (C=S) groups is 1. The minimum atomic E-state index is 0.299. The maximum atomic E-state index is 6.68. The topological polar surface area (TPSA) is 37.8 Å². The number of methoxy groups -OCH3 is 2. The average Bonchev–Trinajstić information content (AvgIpc) is 3.23. The van der Waals surface area contributed by atoms with Gasteiger partial charge in [0.25, 0.3) is 0 Å². The minimum Gasteiger partial charge on any atom is -0.495 e. The molecule has 5 nitrogen and oxygen atoms in total. The Morgan fingerprint density at radius 1 is 1.03 bits per heavy atom. The smallest absolute Gasteiger partial charge is 0.181 e. The van der Waals surface area contributed by atoms with Gasteiger partial charge in [-0.3, -0.25) is 0 Å². The molecule has 0 bridgehead atoms. The van der Waals surface area contributed by atoms with Crippen LogP contribution < -0.4 is 19.3 Å². The lowest BCUT2D eigenvalue weighted by Crippen LogP contribution is -2.51. The lowest BCUT2D eigenvalue weighted by Gasteiger charge is -2.43. The van der Waals surface area contributed by atoms with Gasteiger partial charge in [-0.2, -0.15) is 0 Å². The van der Waals surface area contributed by atoms with Crippen LogP contribution in [-0.4, -0.2) is 30.4 Å². The van der Waals surface area contributed by atoms with Crippen molar-refractivity contribution in [2.24, 2.45) is 0 Å². The van der Waals surface area contributed by atoms with Gasteiger partial charge < -0.3 is 19.3 Å². The fraction of sp³-hybridized carbons (Fsp3) is 0.400. The standard InChI is InChI=1S/C20H20Cl3N3O2S/c1-27-14-8-15(28-2)18(23)19(17(14)22)25-10-11-9-24-16(21)7-13(11)26(20(25)29)12-5-3-4-6-12/h7-9,12H,3-6,10H2,1-2H3. The molecule has 0 spiro atoms. The van der Waals surface area contributed by atoms with Crippen molar-refractivity contribution in [2.45, 2.75) is 38.3 Å². The SMILES string of the molecule is COc1cc(OC)c(Cl)c(N2Cc3cnc(Cl)cc3N(C3CCCC3)C2=S)c1Cl. The summed E-state index contributed by atoms with van der Waals surface area (Å²) in [5, 5.41) is 1.85. The van der Waals surface area contributed by atoms with E-state index < -0.39 is 0 Å². The normalized spacial score (nSPS) is 16.9. The van der Waals surface area contributed by atoms with Gasteiger partial charge in [-0.25, -0.2) is 4.98 Å². The quantitative estimate of drug-likeness (QED) is 0.394. The highest BCUT2D eigenvalue weighted by atomic mass is 35.5. The fourth-order valence-electron chi connectivity index (χ4n) is 4.07. The molecule has 0 radical (unpaired) electrons. The summed E-state index contributed by atoms with van der Waals surface area (Å²) >= 11 is 25.5. The molecule has 0 unspecified atom stereocenters. The number of halogens is 3. The first-order valence-electron chi connectivity index (χ1n) is 9.31. The van der Waals surface area contributed by atoms with Crippen molar-refractivity contribution in [3.05, 3.63) is 39.1 Å². The molecule has 4 rings (SSSR count). The van der Waals surface area contributed by atoms with Gasteiger partial charge >= 0.3 is 0 Å². The highest BCUT2D eigenvalue weighted by Gasteiger charge is 2.37. The molecule has 0 atom stereocenters. The van der Waals surface area contributed by atoms with Gasteiger partial charge in [0.15, 0.2) is 5.11 Å². The van der Waals surface area contributed by atoms with Crippen molar-refractivity contribution < 1.29 is 9.47 Å². The van der Waals surface area contributed by atoms with Crippen LogP contribution >= 0.6 is 47.0 Å². The monoisotopic (exact) mass is 471 g/mol. The number of anilines is 2. The zero-order chi connectivity index (χ0) is 20.7. The molecule has 1 aromatic heterocycles. The van der Waals surface area contributed by atoms with Crippen molar-refractivity contribution in [2.75, 3.05) is 24.0 Å². The first-order chi connectivity index (χ1) is 14.0. The van der Waals surface area contributed by atoms with Gasteiger partial charge in [0, 0.05) is 23.9 Å². The van der Waals surface area contributed by atoms with Crippen LogP contribution in [0.2, 0.25) is 15.2 Å². The molecule has 2 aromatic rings. The Labute approximate surface area is 190 Å². The third kappa shape index (κ3) is 3.61. The third-order valence-corrected chi connectivity index (χ3v) is 6.82. The van der Waals surface area contributed by atoms with E-state index in [0.29, 0.717) is 50.1 Å². The lowest BCUT2D eigenvalue weighted by molar-refractivity contribution is 0.395. The summed E-state index contributed by atoms with van der Waals surface area (Å²) in [6.07, 6.45) is 6.26. The summed E-state index contributed by atoms with van der Waals surface area (Å²) in [5.41, 5.74) is 2.57. The van der Waals surface area contributed by atoms with Crippen molar-refractivity contribution in [1.29, 1.82) is 0 Å². The molecule has 0 N–H and O–H groups in total. The molecule has 154 valence electrons. The lowest BCUT2D eigenvalue weighted by atomic mass is 10.1. The molecule has 0 saturated heterocycles. The Morgan fingerprint density at radius 3 is 2.24 bits per heavy atom. The molecule has 1 saturated carbocycles. The molecule has 9 heteroatoms. The molecule has 1 fully saturated rings. The molecule has 0 amide bonds. The van der Waals surface area contributed by atoms with Gasteiger partial charge in [0.1, 0.15) is 26.7 Å². The molecule has 1 aliphatic carbocycles. The number of benzene rings is 1. The van der Waals surface area contributed by atoms with E-state index in [0.717, 1.165) is 24.1 Å². The predicted octanol–water partition coefficient (Wildman–Crippen LogP) is 6.11. The van der Waals surface area contributed by atoms with Crippen molar-refractivity contribution in [1.82, 2.24) is 4.98 Å². The van der Waals surface area contributed by atoms with E-state index in [9.17, 15) is 0 Å². The van der Waals surface area contributed by atoms with Crippen LogP contribution in [0.3, 0.4) is 0 Å². The van der Waals surface area contributed by atoms with Crippen LogP contribution in [0, 0.1) is 0 Å². The van der Waals surface area contributed by atoms with E-state index in [-0.39, 0.29) is 0 Å². The van der Waals surface area contributed by atoms with Gasteiger partial charge in [-0.05, 0) is 31.1 Å². The Balaban J connectivity index is 1.88. The molecule has 29 heavy (non-hydrogen) atoms. The number of fused-ring (bicyclic) bond motifs is 1. The number of rotatable bonds is 4. The van der Waals surface area contributed by atoms with Crippen LogP contribution in [0.4, 0.5) is 11.4 Å². The van der Waals surface area contributed by atoms with E-state index in [1.165, 1.54) is 12.8 Å². The van der Waals surface area contributed by atoms with Crippen LogP contribution in [0.15, 0.2) is 18.3 Å². The summed E-state index contributed by atoms with van der Waals surface area (Å²) in [5.74, 6) is 0.941. The van der Waals surface area contributed by atoms with Crippen LogP contribution in [0.1, 0.15) is 31.2 Å². The zero-order valence-electron chi connectivity index (χ0n) is 16.0. The number of ether oxygens (including phenoxy) is 2. The Kier molecular flexibility index (Phi) is 5.98. The fourth-order valence-corrected chi connectivity index (χ4v) is 5.33. The highest BCUT2D eigenvalue weighted by Crippen LogP contribution is 2.48. The Morgan fingerprint density at radius 2 is 1.66 bits per heavy atom. The maximum Gasteiger partial charge on any atom is 0.181 e. The first kappa shape index (κ1) is 20.8. The molecule has 2 aliphatic rings. The number of aromatic nitrogens is 1. The van der Waals surface area contributed by atoms with Crippen LogP contribution in [-0.2, 0) is 6.54 Å². The van der Waals surface area contributed by atoms with E-state index in [2.05, 4.69) is 9.88 Å². The molecular weight excluding hydrogens is 453 g/mol. The second-order valence-corrected chi connectivity index (χ2v) is 8.58. The number of nitrogens with zero attached hydrogens (tertiary/aromatic N) is 3. The van der Waals surface area contributed by atoms with Crippen LogP contribution in [0.25, 0.3) is 0 Å². The summed E-state index contributed by atoms with van der Waals surface area (Å²) in [7, 11) is 3.11. The van der Waals surface area contributed by atoms with E-state index >= 15 is 0 Å². The third-order valence-electron chi connectivity index (χ3n) is 5.46. The second kappa shape index (κ2) is 8.34. The summed E-state index contributed by atoms with van der Waals surface area (Å²) in [4.78, 5) is 8.38. The molecule has 1 aliphatic heterocycles. The minimum absolute atomic E-state index is 0.299. The Bertz CT molecular complexity index is 938. The number of pyridine rings is 1. The van der Waals surface area contributed by atoms with E-state index in [4.69, 9.17) is 56.5 Å². The van der Waals surface area contributed by atoms with Crippen molar-refractivity contribution >= 4 is 63.5 Å². The first-order valence-corrected chi connectivity index (χ1v) is 10.9. The van der Waals surface area contributed by atoms with Crippen LogP contribution in [0.5, 0.6) is 11.5 Å². The van der Waals surface area contributed by atoms with E-state index in [1.54, 1.807) is 26.5 Å². The van der Waals surface area contributed by atoms with Gasteiger partial charge in [-0.1, -0.05) is 47.6 Å². The Hall–Kier alpha value is -1.47. The number of hydrogen-bond acceptors (Lipinski definition) is 4. The van der Waals surface area contributed by atoms with Gasteiger partial charge in [0.05, 0.1) is 32.1 Å². The number of hydrogen-bond donors (Lipinski definition) is 0. The molecular formula is C20H20Cl3N3O2S. The predicted molar refractivity (Wildman–Crippen MR) is 122 cm³/mol. The zero-order valence-corrected chi connectivity index (χ0v) is 19.1. The largest absolute Gasteiger partial charge is 0.495 e. The molecule has 2 heterocycles. The summed E-state index contributed by atoms with van der Waals surface area (Å²) < 4.78 is 10.9. The second-order valence-electron chi connectivity index (χ2n) is 7.07. The summed E-state index contributed by atoms with van der Waals surface area (Å²) in [6, 6.07) is 3.85. The van der Waals surface area contributed by atoms with Gasteiger partial charge in [0.2, 0.25) is 0 Å². The van der Waals surface area contributed by atoms with Gasteiger partial charge in [-0.15, -0.1) is 0 Å². The summed E-state index contributed by atoms with van der Waals surface area (Å²) in [6.45, 7) is 0.470. The molecule has 1 aromatic carbocycles. The average molecular weight is 473 g/mol. The highest BCUT2D eigenvalue weighted by molar-refractivity contribution is 7.80. The van der Waals surface area contributed by atoms with E-state index in [1.807, 2.05) is 11.0 Å².